The van der Waals surface area contributed by atoms with Crippen LogP contribution in [0, 0.1) is 11.8 Å². The first-order valence-corrected chi connectivity index (χ1v) is 6.84. The average molecular weight is 244 g/mol. The van der Waals surface area contributed by atoms with Gasteiger partial charge < -0.3 is 10.1 Å². The molecule has 0 spiro atoms. The summed E-state index contributed by atoms with van der Waals surface area (Å²) in [5.41, 5.74) is 0. The summed E-state index contributed by atoms with van der Waals surface area (Å²) in [6.07, 6.45) is 5.56. The van der Waals surface area contributed by atoms with E-state index in [4.69, 9.17) is 16.3 Å². The van der Waals surface area contributed by atoms with Crippen molar-refractivity contribution in [2.24, 2.45) is 11.8 Å². The molecule has 1 saturated carbocycles. The molecule has 0 aromatic carbocycles. The van der Waals surface area contributed by atoms with Gasteiger partial charge in [0.25, 0.3) is 0 Å². The third kappa shape index (κ3) is 1.84. The van der Waals surface area contributed by atoms with Gasteiger partial charge in [0.05, 0.1) is 18.2 Å². The lowest BCUT2D eigenvalue weighted by atomic mass is 9.95. The highest BCUT2D eigenvalue weighted by molar-refractivity contribution is 6.17. The van der Waals surface area contributed by atoms with E-state index in [2.05, 4.69) is 5.32 Å². The minimum Gasteiger partial charge on any atom is -0.372 e. The quantitative estimate of drug-likeness (QED) is 0.590. The van der Waals surface area contributed by atoms with Crippen LogP contribution in [0.4, 0.5) is 0 Å². The molecule has 1 aliphatic carbocycles. The number of halogens is 1. The van der Waals surface area contributed by atoms with Crippen molar-refractivity contribution in [2.45, 2.75) is 50.4 Å². The first-order chi connectivity index (χ1) is 7.79. The molecule has 1 N–H and O–H groups in total. The second-order valence-electron chi connectivity index (χ2n) is 5.26. The van der Waals surface area contributed by atoms with Crippen LogP contribution in [0.5, 0.6) is 0 Å². The summed E-state index contributed by atoms with van der Waals surface area (Å²) in [6.45, 7) is 0. The summed E-state index contributed by atoms with van der Waals surface area (Å²) >= 11 is 5.58. The van der Waals surface area contributed by atoms with Crippen LogP contribution in [-0.4, -0.2) is 30.0 Å². The monoisotopic (exact) mass is 243 g/mol. The zero-order valence-corrected chi connectivity index (χ0v) is 10.1. The molecule has 3 aliphatic rings. The predicted molar refractivity (Wildman–Crippen MR) is 61.4 cm³/mol. The van der Waals surface area contributed by atoms with Gasteiger partial charge in [-0.1, -0.05) is 0 Å². The number of ether oxygens (including phenoxy) is 1. The largest absolute Gasteiger partial charge is 0.372 e. The molecule has 2 bridgehead atoms. The number of hydrogen-bond acceptors (Lipinski definition) is 2. The normalized spacial score (nSPS) is 43.2. The van der Waals surface area contributed by atoms with Gasteiger partial charge in [-0.2, -0.15) is 0 Å². The number of rotatable bonds is 5. The fourth-order valence-corrected chi connectivity index (χ4v) is 3.44. The molecule has 2 aliphatic heterocycles. The fraction of sp³-hybridized carbons (Fsp3) is 0.917. The van der Waals surface area contributed by atoms with Crippen molar-refractivity contribution in [1.82, 2.24) is 5.32 Å². The molecule has 2 heterocycles. The number of alkyl halides is 1. The Labute approximate surface area is 101 Å². The van der Waals surface area contributed by atoms with Crippen LogP contribution in [0.25, 0.3) is 0 Å². The molecule has 3 rings (SSSR count). The highest BCUT2D eigenvalue weighted by Crippen LogP contribution is 2.58. The van der Waals surface area contributed by atoms with E-state index in [-0.39, 0.29) is 11.9 Å². The Morgan fingerprint density at radius 1 is 1.31 bits per heavy atom. The summed E-state index contributed by atoms with van der Waals surface area (Å²) in [5.74, 6) is 2.40. The molecule has 3 fully saturated rings. The van der Waals surface area contributed by atoms with E-state index >= 15 is 0 Å². The van der Waals surface area contributed by atoms with Crippen molar-refractivity contribution >= 4 is 17.5 Å². The summed E-state index contributed by atoms with van der Waals surface area (Å²) in [4.78, 5) is 11.7. The van der Waals surface area contributed by atoms with Gasteiger partial charge in [0, 0.05) is 12.3 Å². The third-order valence-corrected chi connectivity index (χ3v) is 4.41. The van der Waals surface area contributed by atoms with E-state index < -0.39 is 0 Å². The maximum Gasteiger partial charge on any atom is 0.220 e. The van der Waals surface area contributed by atoms with Crippen molar-refractivity contribution in [3.05, 3.63) is 0 Å². The number of carbonyl (C=O) groups excluding carboxylic acids is 1. The first-order valence-electron chi connectivity index (χ1n) is 6.30. The standard InChI is InChI=1S/C12H18ClNO2/c13-4-2-1-3-11(15)14-9-6-10-7-5-8(7)12(9)16-10/h7-10,12H,1-6H2,(H,14,15). The smallest absolute Gasteiger partial charge is 0.220 e. The lowest BCUT2D eigenvalue weighted by Gasteiger charge is -2.20. The molecule has 5 unspecified atom stereocenters. The van der Waals surface area contributed by atoms with Crippen LogP contribution >= 0.6 is 11.6 Å². The molecular formula is C12H18ClNO2. The first kappa shape index (κ1) is 10.8. The zero-order chi connectivity index (χ0) is 11.1. The van der Waals surface area contributed by atoms with Gasteiger partial charge in [0.15, 0.2) is 0 Å². The van der Waals surface area contributed by atoms with Crippen molar-refractivity contribution in [2.75, 3.05) is 5.88 Å². The molecule has 0 aromatic rings. The molecule has 90 valence electrons. The van der Waals surface area contributed by atoms with Gasteiger partial charge in [-0.15, -0.1) is 11.6 Å². The van der Waals surface area contributed by atoms with E-state index in [9.17, 15) is 4.79 Å². The lowest BCUT2D eigenvalue weighted by molar-refractivity contribution is -0.122. The maximum atomic E-state index is 11.7. The molecule has 4 heteroatoms. The number of fused-ring (bicyclic) bond motifs is 5. The molecular weight excluding hydrogens is 226 g/mol. The molecule has 1 amide bonds. The second kappa shape index (κ2) is 4.19. The highest BCUT2D eigenvalue weighted by Gasteiger charge is 2.62. The topological polar surface area (TPSA) is 38.3 Å². The molecule has 16 heavy (non-hydrogen) atoms. The van der Waals surface area contributed by atoms with Gasteiger partial charge >= 0.3 is 0 Å². The SMILES string of the molecule is O=C(CCCCCl)NC1CC2OC1C1CC21. The Kier molecular flexibility index (Phi) is 2.84. The van der Waals surface area contributed by atoms with Crippen LogP contribution in [0.15, 0.2) is 0 Å². The predicted octanol–water partition coefficient (Wildman–Crippen LogP) is 1.69. The Balaban J connectivity index is 1.44. The number of carbonyl (C=O) groups is 1. The maximum absolute atomic E-state index is 11.7. The lowest BCUT2D eigenvalue weighted by Crippen LogP contribution is -2.42. The van der Waals surface area contributed by atoms with E-state index in [1.54, 1.807) is 0 Å². The fourth-order valence-electron chi connectivity index (χ4n) is 3.25. The highest BCUT2D eigenvalue weighted by atomic mass is 35.5. The van der Waals surface area contributed by atoms with Gasteiger partial charge in [-0.05, 0) is 37.5 Å². The number of hydrogen-bond donors (Lipinski definition) is 1. The van der Waals surface area contributed by atoms with Crippen molar-refractivity contribution in [1.29, 1.82) is 0 Å². The van der Waals surface area contributed by atoms with Crippen molar-refractivity contribution in [3.8, 4) is 0 Å². The van der Waals surface area contributed by atoms with Crippen molar-refractivity contribution in [3.63, 3.8) is 0 Å². The molecule has 0 aromatic heterocycles. The van der Waals surface area contributed by atoms with Crippen LogP contribution < -0.4 is 5.32 Å². The summed E-state index contributed by atoms with van der Waals surface area (Å²) in [5, 5.41) is 3.12. The average Bonchev–Trinajstić information content (AvgIpc) is 2.88. The van der Waals surface area contributed by atoms with Crippen molar-refractivity contribution < 1.29 is 9.53 Å². The Morgan fingerprint density at radius 2 is 2.19 bits per heavy atom. The van der Waals surface area contributed by atoms with Gasteiger partial charge in [-0.3, -0.25) is 4.79 Å². The van der Waals surface area contributed by atoms with Crippen LogP contribution in [0.2, 0.25) is 0 Å². The van der Waals surface area contributed by atoms with Gasteiger partial charge in [0.2, 0.25) is 5.91 Å². The van der Waals surface area contributed by atoms with Gasteiger partial charge in [-0.25, -0.2) is 0 Å². The minimum absolute atomic E-state index is 0.170. The Morgan fingerprint density at radius 3 is 2.88 bits per heavy atom. The number of amides is 1. The van der Waals surface area contributed by atoms with E-state index in [0.717, 1.165) is 31.1 Å². The Bertz CT molecular complexity index is 297. The van der Waals surface area contributed by atoms with Crippen LogP contribution in [-0.2, 0) is 9.53 Å². The van der Waals surface area contributed by atoms with E-state index in [1.165, 1.54) is 6.42 Å². The van der Waals surface area contributed by atoms with Gasteiger partial charge in [0.1, 0.15) is 0 Å². The second-order valence-corrected chi connectivity index (χ2v) is 5.64. The number of nitrogens with one attached hydrogen (secondary N) is 1. The zero-order valence-electron chi connectivity index (χ0n) is 9.32. The Hall–Kier alpha value is -0.280. The minimum atomic E-state index is 0.170. The number of unbranched alkanes of at least 4 members (excludes halogenated alkanes) is 1. The van der Waals surface area contributed by atoms with Crippen LogP contribution in [0.1, 0.15) is 32.1 Å². The van der Waals surface area contributed by atoms with E-state index in [1.807, 2.05) is 0 Å². The molecule has 3 nitrogen and oxygen atoms in total. The summed E-state index contributed by atoms with van der Waals surface area (Å²) in [6, 6.07) is 0.289. The molecule has 5 atom stereocenters. The summed E-state index contributed by atoms with van der Waals surface area (Å²) < 4.78 is 5.84. The summed E-state index contributed by atoms with van der Waals surface area (Å²) in [7, 11) is 0. The van der Waals surface area contributed by atoms with E-state index in [0.29, 0.717) is 24.5 Å². The van der Waals surface area contributed by atoms with Crippen LogP contribution in [0.3, 0.4) is 0 Å². The molecule has 0 radical (unpaired) electrons. The third-order valence-electron chi connectivity index (χ3n) is 4.14. The molecule has 2 saturated heterocycles.